The third kappa shape index (κ3) is 2.81. The van der Waals surface area contributed by atoms with Crippen LogP contribution in [0, 0.1) is 0 Å². The van der Waals surface area contributed by atoms with E-state index in [9.17, 15) is 0 Å². The van der Waals surface area contributed by atoms with Gasteiger partial charge in [-0.25, -0.2) is 0 Å². The number of nitrogens with one attached hydrogen (secondary N) is 1. The van der Waals surface area contributed by atoms with Gasteiger partial charge >= 0.3 is 0 Å². The number of rotatable bonds is 4. The lowest BCUT2D eigenvalue weighted by Gasteiger charge is -2.18. The van der Waals surface area contributed by atoms with Crippen LogP contribution in [0.15, 0.2) is 53.5 Å². The number of nitrogens with zero attached hydrogens (tertiary/aromatic N) is 1. The Morgan fingerprint density at radius 1 is 1.05 bits per heavy atom. The summed E-state index contributed by atoms with van der Waals surface area (Å²) in [5, 5.41) is 8.34. The van der Waals surface area contributed by atoms with Crippen molar-refractivity contribution in [3.8, 4) is 0 Å². The molecule has 3 aromatic rings. The van der Waals surface area contributed by atoms with E-state index in [0.29, 0.717) is 5.02 Å². The molecule has 0 saturated carbocycles. The Labute approximate surface area is 124 Å². The van der Waals surface area contributed by atoms with Crippen LogP contribution in [-0.2, 0) is 0 Å². The topological polar surface area (TPSA) is 24.9 Å². The lowest BCUT2D eigenvalue weighted by Crippen LogP contribution is -2.10. The molecule has 0 atom stereocenters. The normalized spacial score (nSPS) is 10.8. The standard InChI is InChI=1S/C14H11ClN2S2/c15-10-5-6-16-9-11(10)17-14(12-3-1-7-18-12)13-4-2-8-19-13/h1-9,14,17H. The van der Waals surface area contributed by atoms with Gasteiger partial charge in [0.05, 0.1) is 22.9 Å². The molecule has 3 rings (SSSR count). The van der Waals surface area contributed by atoms with E-state index < -0.39 is 0 Å². The van der Waals surface area contributed by atoms with Crippen molar-refractivity contribution in [3.05, 3.63) is 68.3 Å². The monoisotopic (exact) mass is 306 g/mol. The molecule has 0 fully saturated rings. The maximum atomic E-state index is 6.20. The van der Waals surface area contributed by atoms with Crippen LogP contribution in [0.1, 0.15) is 15.8 Å². The Kier molecular flexibility index (Phi) is 3.82. The molecular weight excluding hydrogens is 296 g/mol. The van der Waals surface area contributed by atoms with Crippen LogP contribution in [0.4, 0.5) is 5.69 Å². The van der Waals surface area contributed by atoms with Crippen molar-refractivity contribution in [1.29, 1.82) is 0 Å². The Morgan fingerprint density at radius 3 is 2.26 bits per heavy atom. The van der Waals surface area contributed by atoms with Gasteiger partial charge in [-0.1, -0.05) is 23.7 Å². The van der Waals surface area contributed by atoms with Gasteiger partial charge < -0.3 is 5.32 Å². The van der Waals surface area contributed by atoms with E-state index in [1.54, 1.807) is 41.1 Å². The predicted molar refractivity (Wildman–Crippen MR) is 83.4 cm³/mol. The molecule has 3 aromatic heterocycles. The Hall–Kier alpha value is -1.36. The molecule has 1 N–H and O–H groups in total. The summed E-state index contributed by atoms with van der Waals surface area (Å²) in [4.78, 5) is 6.65. The second-order valence-electron chi connectivity index (χ2n) is 3.96. The van der Waals surface area contributed by atoms with Crippen LogP contribution in [0.25, 0.3) is 0 Å². The van der Waals surface area contributed by atoms with E-state index in [1.165, 1.54) is 9.75 Å². The van der Waals surface area contributed by atoms with Gasteiger partial charge in [0.25, 0.3) is 0 Å². The number of hydrogen-bond acceptors (Lipinski definition) is 4. The minimum absolute atomic E-state index is 0.127. The summed E-state index contributed by atoms with van der Waals surface area (Å²) < 4.78 is 0. The third-order valence-electron chi connectivity index (χ3n) is 2.72. The average molecular weight is 307 g/mol. The minimum atomic E-state index is 0.127. The molecule has 0 bridgehead atoms. The van der Waals surface area contributed by atoms with Crippen LogP contribution in [0.3, 0.4) is 0 Å². The van der Waals surface area contributed by atoms with Crippen LogP contribution in [-0.4, -0.2) is 4.98 Å². The zero-order valence-electron chi connectivity index (χ0n) is 9.92. The first-order chi connectivity index (χ1) is 9.34. The summed E-state index contributed by atoms with van der Waals surface area (Å²) in [5.74, 6) is 0. The van der Waals surface area contributed by atoms with Gasteiger partial charge in [0.15, 0.2) is 0 Å². The van der Waals surface area contributed by atoms with Crippen molar-refractivity contribution in [2.45, 2.75) is 6.04 Å². The third-order valence-corrected chi connectivity index (χ3v) is 4.93. The summed E-state index contributed by atoms with van der Waals surface area (Å²) in [7, 11) is 0. The van der Waals surface area contributed by atoms with Crippen molar-refractivity contribution >= 4 is 40.0 Å². The first-order valence-electron chi connectivity index (χ1n) is 5.77. The van der Waals surface area contributed by atoms with Crippen molar-refractivity contribution < 1.29 is 0 Å². The second kappa shape index (κ2) is 5.74. The first kappa shape index (κ1) is 12.7. The van der Waals surface area contributed by atoms with Crippen molar-refractivity contribution in [2.75, 3.05) is 5.32 Å². The van der Waals surface area contributed by atoms with Gasteiger partial charge in [0, 0.05) is 16.0 Å². The highest BCUT2D eigenvalue weighted by Crippen LogP contribution is 2.34. The Bertz CT molecular complexity index is 601. The van der Waals surface area contributed by atoms with Crippen molar-refractivity contribution in [3.63, 3.8) is 0 Å². The number of halogens is 1. The highest BCUT2D eigenvalue weighted by atomic mass is 35.5. The van der Waals surface area contributed by atoms with Crippen LogP contribution >= 0.6 is 34.3 Å². The molecule has 0 aliphatic rings. The van der Waals surface area contributed by atoms with Crippen molar-refractivity contribution in [1.82, 2.24) is 4.98 Å². The highest BCUT2D eigenvalue weighted by Gasteiger charge is 2.17. The molecular formula is C14H11ClN2S2. The fraction of sp³-hybridized carbons (Fsp3) is 0.0714. The van der Waals surface area contributed by atoms with Crippen LogP contribution < -0.4 is 5.32 Å². The van der Waals surface area contributed by atoms with Gasteiger partial charge in [0.1, 0.15) is 0 Å². The van der Waals surface area contributed by atoms with Gasteiger partial charge in [-0.2, -0.15) is 0 Å². The fourth-order valence-electron chi connectivity index (χ4n) is 1.83. The molecule has 0 unspecified atom stereocenters. The smallest absolute Gasteiger partial charge is 0.0954 e. The summed E-state index contributed by atoms with van der Waals surface area (Å²) >= 11 is 9.67. The number of hydrogen-bond donors (Lipinski definition) is 1. The quantitative estimate of drug-likeness (QED) is 0.729. The maximum Gasteiger partial charge on any atom is 0.0954 e. The van der Waals surface area contributed by atoms with Gasteiger partial charge in [-0.05, 0) is 29.0 Å². The molecule has 19 heavy (non-hydrogen) atoms. The first-order valence-corrected chi connectivity index (χ1v) is 7.91. The number of aromatic nitrogens is 1. The minimum Gasteiger partial charge on any atom is -0.370 e. The van der Waals surface area contributed by atoms with E-state index in [2.05, 4.69) is 45.3 Å². The SMILES string of the molecule is Clc1ccncc1NC(c1cccs1)c1cccs1. The van der Waals surface area contributed by atoms with Crippen LogP contribution in [0.2, 0.25) is 5.02 Å². The van der Waals surface area contributed by atoms with Gasteiger partial charge in [-0.3, -0.25) is 4.98 Å². The summed E-state index contributed by atoms with van der Waals surface area (Å²) in [6.45, 7) is 0. The summed E-state index contributed by atoms with van der Waals surface area (Å²) in [5.41, 5.74) is 0.857. The maximum absolute atomic E-state index is 6.20. The van der Waals surface area contributed by atoms with E-state index in [0.717, 1.165) is 5.69 Å². The molecule has 0 aliphatic heterocycles. The largest absolute Gasteiger partial charge is 0.370 e. The number of thiophene rings is 2. The lowest BCUT2D eigenvalue weighted by molar-refractivity contribution is 0.989. The summed E-state index contributed by atoms with van der Waals surface area (Å²) in [6.07, 6.45) is 3.45. The fourth-order valence-corrected chi connectivity index (χ4v) is 3.65. The Balaban J connectivity index is 1.95. The molecule has 0 amide bonds. The molecule has 3 heterocycles. The second-order valence-corrected chi connectivity index (χ2v) is 6.33. The zero-order chi connectivity index (χ0) is 13.1. The molecule has 0 aromatic carbocycles. The van der Waals surface area contributed by atoms with E-state index in [1.807, 2.05) is 0 Å². The lowest BCUT2D eigenvalue weighted by atomic mass is 10.2. The molecule has 0 radical (unpaired) electrons. The number of pyridine rings is 1. The van der Waals surface area contributed by atoms with E-state index >= 15 is 0 Å². The Morgan fingerprint density at radius 2 is 1.74 bits per heavy atom. The molecule has 5 heteroatoms. The molecule has 2 nitrogen and oxygen atoms in total. The zero-order valence-corrected chi connectivity index (χ0v) is 12.3. The van der Waals surface area contributed by atoms with Gasteiger partial charge in [0.2, 0.25) is 0 Å². The van der Waals surface area contributed by atoms with Crippen LogP contribution in [0.5, 0.6) is 0 Å². The van der Waals surface area contributed by atoms with E-state index in [4.69, 9.17) is 11.6 Å². The number of anilines is 1. The van der Waals surface area contributed by atoms with Crippen molar-refractivity contribution in [2.24, 2.45) is 0 Å². The molecule has 0 saturated heterocycles. The van der Waals surface area contributed by atoms with Gasteiger partial charge in [-0.15, -0.1) is 22.7 Å². The van der Waals surface area contributed by atoms with E-state index in [-0.39, 0.29) is 6.04 Å². The highest BCUT2D eigenvalue weighted by molar-refractivity contribution is 7.11. The predicted octanol–water partition coefficient (Wildman–Crippen LogP) is 5.06. The molecule has 0 spiro atoms. The molecule has 0 aliphatic carbocycles. The summed E-state index contributed by atoms with van der Waals surface area (Å²) in [6, 6.07) is 10.3. The average Bonchev–Trinajstić information content (AvgIpc) is 3.11. The molecule has 96 valence electrons.